The fourth-order valence-electron chi connectivity index (χ4n) is 2.21. The van der Waals surface area contributed by atoms with Gasteiger partial charge in [0.15, 0.2) is 11.5 Å². The number of nitrogens with zero attached hydrogens (tertiary/aromatic N) is 1. The van der Waals surface area contributed by atoms with Crippen molar-refractivity contribution in [1.29, 1.82) is 0 Å². The highest BCUT2D eigenvalue weighted by atomic mass is 32.1. The van der Waals surface area contributed by atoms with Crippen LogP contribution < -0.4 is 25.3 Å². The topological polar surface area (TPSA) is 95.7 Å². The predicted octanol–water partition coefficient (Wildman–Crippen LogP) is 2.12. The number of nitrogens with one attached hydrogen (secondary N) is 1. The number of nitrogens with two attached hydrogens (primary N) is 1. The van der Waals surface area contributed by atoms with E-state index in [9.17, 15) is 4.79 Å². The lowest BCUT2D eigenvalue weighted by Gasteiger charge is -2.18. The number of methoxy groups -OCH3 is 3. The molecule has 1 heterocycles. The minimum atomic E-state index is -0.269. The van der Waals surface area contributed by atoms with E-state index in [0.717, 1.165) is 10.6 Å². The van der Waals surface area contributed by atoms with E-state index in [1.807, 2.05) is 6.92 Å². The molecule has 0 spiro atoms. The molecule has 1 unspecified atom stereocenters. The Morgan fingerprint density at radius 3 is 2.33 bits per heavy atom. The van der Waals surface area contributed by atoms with E-state index in [1.54, 1.807) is 38.8 Å². The smallest absolute Gasteiger partial charge is 0.271 e. The van der Waals surface area contributed by atoms with Crippen LogP contribution in [0, 0.1) is 0 Å². The summed E-state index contributed by atoms with van der Waals surface area (Å²) in [5, 5.41) is 5.32. The summed E-state index contributed by atoms with van der Waals surface area (Å²) >= 11 is 1.36. The van der Waals surface area contributed by atoms with Crippen molar-refractivity contribution in [3.8, 4) is 17.2 Å². The molecule has 1 aromatic carbocycles. The van der Waals surface area contributed by atoms with Gasteiger partial charge in [-0.05, 0) is 24.6 Å². The van der Waals surface area contributed by atoms with E-state index >= 15 is 0 Å². The average molecular weight is 351 g/mol. The predicted molar refractivity (Wildman–Crippen MR) is 92.0 cm³/mol. The second-order valence-corrected chi connectivity index (χ2v) is 5.93. The molecule has 1 aromatic heterocycles. The molecule has 0 fully saturated rings. The SMILES string of the molecule is COc1cc(C(C)NC(=O)c2csc(CN)n2)cc(OC)c1OC. The molecular formula is C16H21N3O4S. The number of carbonyl (C=O) groups excluding carboxylic acids is 1. The van der Waals surface area contributed by atoms with Gasteiger partial charge in [0.2, 0.25) is 5.75 Å². The molecule has 2 aromatic rings. The normalized spacial score (nSPS) is 11.7. The molecule has 8 heteroatoms. The second kappa shape index (κ2) is 7.98. The molecule has 1 atom stereocenters. The van der Waals surface area contributed by atoms with E-state index in [4.69, 9.17) is 19.9 Å². The highest BCUT2D eigenvalue weighted by Crippen LogP contribution is 2.39. The zero-order chi connectivity index (χ0) is 17.7. The van der Waals surface area contributed by atoms with E-state index in [0.29, 0.717) is 29.5 Å². The number of hydrogen-bond donors (Lipinski definition) is 2. The second-order valence-electron chi connectivity index (χ2n) is 4.98. The van der Waals surface area contributed by atoms with Crippen LogP contribution in [0.2, 0.25) is 0 Å². The van der Waals surface area contributed by atoms with Crippen LogP contribution in [0.4, 0.5) is 0 Å². The van der Waals surface area contributed by atoms with Crippen LogP contribution >= 0.6 is 11.3 Å². The third-order valence-corrected chi connectivity index (χ3v) is 4.36. The maximum absolute atomic E-state index is 12.3. The molecule has 2 rings (SSSR count). The zero-order valence-electron chi connectivity index (χ0n) is 14.1. The van der Waals surface area contributed by atoms with E-state index in [1.165, 1.54) is 11.3 Å². The van der Waals surface area contributed by atoms with Crippen molar-refractivity contribution in [1.82, 2.24) is 10.3 Å². The van der Waals surface area contributed by atoms with Crippen LogP contribution in [-0.2, 0) is 6.54 Å². The molecule has 24 heavy (non-hydrogen) atoms. The summed E-state index contributed by atoms with van der Waals surface area (Å²) in [4.78, 5) is 16.5. The summed E-state index contributed by atoms with van der Waals surface area (Å²) in [5.41, 5.74) is 6.71. The summed E-state index contributed by atoms with van der Waals surface area (Å²) in [6, 6.07) is 3.34. The van der Waals surface area contributed by atoms with Gasteiger partial charge >= 0.3 is 0 Å². The monoisotopic (exact) mass is 351 g/mol. The number of carbonyl (C=O) groups is 1. The molecule has 0 bridgehead atoms. The molecule has 7 nitrogen and oxygen atoms in total. The standard InChI is InChI=1S/C16H21N3O4S/c1-9(18-16(20)11-8-24-14(7-17)19-11)10-5-12(21-2)15(23-4)13(6-10)22-3/h5-6,8-9H,7,17H2,1-4H3,(H,18,20). The van der Waals surface area contributed by atoms with Crippen LogP contribution in [0.25, 0.3) is 0 Å². The van der Waals surface area contributed by atoms with Gasteiger partial charge in [-0.25, -0.2) is 4.98 Å². The summed E-state index contributed by atoms with van der Waals surface area (Å²) in [5.74, 6) is 1.32. The van der Waals surface area contributed by atoms with Crippen molar-refractivity contribution in [3.05, 3.63) is 33.8 Å². The first-order valence-corrected chi connectivity index (χ1v) is 8.17. The molecule has 130 valence electrons. The van der Waals surface area contributed by atoms with E-state index < -0.39 is 0 Å². The Morgan fingerprint density at radius 2 is 1.88 bits per heavy atom. The van der Waals surface area contributed by atoms with Gasteiger partial charge in [0.1, 0.15) is 10.7 Å². The molecule has 0 radical (unpaired) electrons. The van der Waals surface area contributed by atoms with Crippen LogP contribution in [0.1, 0.15) is 34.0 Å². The fourth-order valence-corrected chi connectivity index (χ4v) is 2.87. The maximum atomic E-state index is 12.3. The van der Waals surface area contributed by atoms with Crippen LogP contribution in [-0.4, -0.2) is 32.2 Å². The molecule has 1 amide bonds. The Morgan fingerprint density at radius 1 is 1.25 bits per heavy atom. The Labute approximate surface area is 144 Å². The summed E-state index contributed by atoms with van der Waals surface area (Å²) in [6.45, 7) is 2.19. The Bertz CT molecular complexity index is 692. The van der Waals surface area contributed by atoms with Crippen LogP contribution in [0.5, 0.6) is 17.2 Å². The Kier molecular flexibility index (Phi) is 5.99. The van der Waals surface area contributed by atoms with Crippen molar-refractivity contribution in [2.45, 2.75) is 19.5 Å². The minimum Gasteiger partial charge on any atom is -0.493 e. The number of aromatic nitrogens is 1. The summed E-state index contributed by atoms with van der Waals surface area (Å²) in [7, 11) is 4.64. The molecule has 0 aliphatic rings. The van der Waals surface area contributed by atoms with Crippen LogP contribution in [0.15, 0.2) is 17.5 Å². The number of hydrogen-bond acceptors (Lipinski definition) is 7. The number of ether oxygens (including phenoxy) is 3. The van der Waals surface area contributed by atoms with E-state index in [-0.39, 0.29) is 11.9 Å². The van der Waals surface area contributed by atoms with Gasteiger partial charge in [0.25, 0.3) is 5.91 Å². The summed E-state index contributed by atoms with van der Waals surface area (Å²) < 4.78 is 16.0. The highest BCUT2D eigenvalue weighted by molar-refractivity contribution is 7.09. The van der Waals surface area contributed by atoms with Crippen LogP contribution in [0.3, 0.4) is 0 Å². The average Bonchev–Trinajstić information content (AvgIpc) is 3.09. The lowest BCUT2D eigenvalue weighted by molar-refractivity contribution is 0.0935. The first-order valence-electron chi connectivity index (χ1n) is 7.29. The first-order chi connectivity index (χ1) is 11.5. The van der Waals surface area contributed by atoms with Crippen molar-refractivity contribution in [2.24, 2.45) is 5.73 Å². The lowest BCUT2D eigenvalue weighted by atomic mass is 10.1. The molecule has 0 aliphatic heterocycles. The molecule has 0 saturated heterocycles. The Balaban J connectivity index is 2.22. The van der Waals surface area contributed by atoms with Gasteiger partial charge in [0.05, 0.1) is 27.4 Å². The van der Waals surface area contributed by atoms with E-state index in [2.05, 4.69) is 10.3 Å². The third-order valence-electron chi connectivity index (χ3n) is 3.49. The summed E-state index contributed by atoms with van der Waals surface area (Å²) in [6.07, 6.45) is 0. The van der Waals surface area contributed by atoms with Gasteiger partial charge in [-0.1, -0.05) is 0 Å². The first kappa shape index (κ1) is 18.0. The fraction of sp³-hybridized carbons (Fsp3) is 0.375. The van der Waals surface area contributed by atoms with Gasteiger partial charge in [0, 0.05) is 11.9 Å². The number of amides is 1. The lowest BCUT2D eigenvalue weighted by Crippen LogP contribution is -2.27. The minimum absolute atomic E-state index is 0.257. The highest BCUT2D eigenvalue weighted by Gasteiger charge is 2.19. The van der Waals surface area contributed by atoms with Gasteiger partial charge in [-0.15, -0.1) is 11.3 Å². The van der Waals surface area contributed by atoms with Crippen molar-refractivity contribution in [2.75, 3.05) is 21.3 Å². The number of rotatable bonds is 7. The van der Waals surface area contributed by atoms with Gasteiger partial charge in [-0.3, -0.25) is 4.79 Å². The quantitative estimate of drug-likeness (QED) is 0.793. The van der Waals surface area contributed by atoms with Crippen molar-refractivity contribution in [3.63, 3.8) is 0 Å². The molecule has 3 N–H and O–H groups in total. The molecular weight excluding hydrogens is 330 g/mol. The zero-order valence-corrected chi connectivity index (χ0v) is 14.9. The Hall–Kier alpha value is -2.32. The van der Waals surface area contributed by atoms with Gasteiger partial charge in [-0.2, -0.15) is 0 Å². The van der Waals surface area contributed by atoms with Crippen molar-refractivity contribution < 1.29 is 19.0 Å². The third kappa shape index (κ3) is 3.77. The number of benzene rings is 1. The molecule has 0 saturated carbocycles. The number of thiazole rings is 1. The van der Waals surface area contributed by atoms with Crippen molar-refractivity contribution >= 4 is 17.2 Å². The molecule has 0 aliphatic carbocycles. The maximum Gasteiger partial charge on any atom is 0.271 e. The van der Waals surface area contributed by atoms with Gasteiger partial charge < -0.3 is 25.3 Å². The largest absolute Gasteiger partial charge is 0.493 e.